The summed E-state index contributed by atoms with van der Waals surface area (Å²) < 4.78 is 1.80. The van der Waals surface area contributed by atoms with E-state index in [1.165, 1.54) is 11.8 Å². The summed E-state index contributed by atoms with van der Waals surface area (Å²) in [5.74, 6) is 0.432. The molecule has 6 heteroatoms. The molecule has 16 heavy (non-hydrogen) atoms. The van der Waals surface area contributed by atoms with E-state index in [9.17, 15) is 4.79 Å². The van der Waals surface area contributed by atoms with E-state index in [-0.39, 0.29) is 11.9 Å². The molecule has 1 aliphatic carbocycles. The van der Waals surface area contributed by atoms with Crippen molar-refractivity contribution >= 4 is 17.7 Å². The molecule has 2 rings (SSSR count). The minimum absolute atomic E-state index is 0.0459. The Balaban J connectivity index is 1.75. The maximum Gasteiger partial charge on any atom is 0.230 e. The molecule has 1 amide bonds. The van der Waals surface area contributed by atoms with Crippen LogP contribution in [-0.4, -0.2) is 32.5 Å². The number of allylic oxidation sites excluding steroid dienone is 1. The lowest BCUT2D eigenvalue weighted by Crippen LogP contribution is -2.33. The molecule has 0 bridgehead atoms. The van der Waals surface area contributed by atoms with E-state index < -0.39 is 0 Å². The van der Waals surface area contributed by atoms with Crippen LogP contribution in [0, 0.1) is 0 Å². The molecule has 1 N–H and O–H groups in total. The normalized spacial score (nSPS) is 18.9. The van der Waals surface area contributed by atoms with Gasteiger partial charge in [0.1, 0.15) is 6.33 Å². The van der Waals surface area contributed by atoms with E-state index >= 15 is 0 Å². The van der Waals surface area contributed by atoms with Crippen molar-refractivity contribution in [3.63, 3.8) is 0 Å². The summed E-state index contributed by atoms with van der Waals surface area (Å²) in [6.45, 7) is 0. The van der Waals surface area contributed by atoms with Gasteiger partial charge in [-0.05, 0) is 12.8 Å². The monoisotopic (exact) mass is 238 g/mol. The Morgan fingerprint density at radius 3 is 3.25 bits per heavy atom. The number of carbonyl (C=O) groups excluding carboxylic acids is 1. The Kier molecular flexibility index (Phi) is 3.61. The van der Waals surface area contributed by atoms with Crippen LogP contribution in [0.5, 0.6) is 0 Å². The Bertz CT molecular complexity index is 401. The number of aryl methyl sites for hydroxylation is 1. The summed E-state index contributed by atoms with van der Waals surface area (Å²) >= 11 is 1.40. The summed E-state index contributed by atoms with van der Waals surface area (Å²) in [5.41, 5.74) is 0. The van der Waals surface area contributed by atoms with Crippen molar-refractivity contribution in [2.75, 3.05) is 5.75 Å². The first-order chi connectivity index (χ1) is 7.75. The number of amides is 1. The minimum atomic E-state index is 0.0459. The van der Waals surface area contributed by atoms with Crippen molar-refractivity contribution in [1.29, 1.82) is 0 Å². The molecular weight excluding hydrogens is 224 g/mol. The molecule has 0 aliphatic heterocycles. The largest absolute Gasteiger partial charge is 0.349 e. The van der Waals surface area contributed by atoms with E-state index in [2.05, 4.69) is 21.6 Å². The zero-order chi connectivity index (χ0) is 11.4. The van der Waals surface area contributed by atoms with Gasteiger partial charge in [0.15, 0.2) is 5.16 Å². The Morgan fingerprint density at radius 2 is 2.62 bits per heavy atom. The van der Waals surface area contributed by atoms with Crippen molar-refractivity contribution in [1.82, 2.24) is 20.1 Å². The first-order valence-electron chi connectivity index (χ1n) is 5.18. The minimum Gasteiger partial charge on any atom is -0.349 e. The van der Waals surface area contributed by atoms with Crippen LogP contribution >= 0.6 is 11.8 Å². The average molecular weight is 238 g/mol. The van der Waals surface area contributed by atoms with Crippen molar-refractivity contribution in [3.05, 3.63) is 18.5 Å². The molecule has 1 heterocycles. The summed E-state index contributed by atoms with van der Waals surface area (Å²) in [6.07, 6.45) is 7.84. The van der Waals surface area contributed by atoms with Crippen LogP contribution in [0.2, 0.25) is 0 Å². The van der Waals surface area contributed by atoms with E-state index in [0.717, 1.165) is 18.0 Å². The highest BCUT2D eigenvalue weighted by atomic mass is 32.2. The lowest BCUT2D eigenvalue weighted by molar-refractivity contribution is -0.118. The number of nitrogens with zero attached hydrogens (tertiary/aromatic N) is 3. The number of thioether (sulfide) groups is 1. The Labute approximate surface area is 98.3 Å². The van der Waals surface area contributed by atoms with E-state index in [1.54, 1.807) is 10.9 Å². The second-order valence-corrected chi connectivity index (χ2v) is 4.64. The first-order valence-corrected chi connectivity index (χ1v) is 6.17. The zero-order valence-corrected chi connectivity index (χ0v) is 9.91. The smallest absolute Gasteiger partial charge is 0.230 e. The second-order valence-electron chi connectivity index (χ2n) is 3.69. The van der Waals surface area contributed by atoms with Gasteiger partial charge in [0.05, 0.1) is 5.75 Å². The molecule has 0 spiro atoms. The summed E-state index contributed by atoms with van der Waals surface area (Å²) in [5, 5.41) is 11.4. The molecule has 1 aliphatic rings. The number of nitrogens with one attached hydrogen (secondary N) is 1. The molecule has 1 atom stereocenters. The summed E-state index contributed by atoms with van der Waals surface area (Å²) in [7, 11) is 1.86. The van der Waals surface area contributed by atoms with E-state index in [4.69, 9.17) is 0 Å². The van der Waals surface area contributed by atoms with Gasteiger partial charge in [-0.2, -0.15) is 0 Å². The third kappa shape index (κ3) is 2.85. The van der Waals surface area contributed by atoms with Gasteiger partial charge in [0, 0.05) is 13.1 Å². The predicted octanol–water partition coefficient (Wildman–Crippen LogP) is 0.742. The van der Waals surface area contributed by atoms with Crippen LogP contribution in [0.15, 0.2) is 23.6 Å². The third-order valence-corrected chi connectivity index (χ3v) is 3.40. The zero-order valence-electron chi connectivity index (χ0n) is 9.09. The lowest BCUT2D eigenvalue weighted by atomic mass is 10.2. The Hall–Kier alpha value is -1.30. The van der Waals surface area contributed by atoms with Gasteiger partial charge in [0.25, 0.3) is 0 Å². The lowest BCUT2D eigenvalue weighted by Gasteiger charge is -2.09. The van der Waals surface area contributed by atoms with Crippen LogP contribution in [0.3, 0.4) is 0 Å². The molecule has 1 aromatic heterocycles. The quantitative estimate of drug-likeness (QED) is 0.621. The highest BCUT2D eigenvalue weighted by molar-refractivity contribution is 7.99. The van der Waals surface area contributed by atoms with Gasteiger partial charge in [-0.1, -0.05) is 23.9 Å². The fourth-order valence-electron chi connectivity index (χ4n) is 1.53. The van der Waals surface area contributed by atoms with Crippen LogP contribution in [-0.2, 0) is 11.8 Å². The molecule has 0 saturated carbocycles. The number of carbonyl (C=O) groups is 1. The van der Waals surface area contributed by atoms with Crippen molar-refractivity contribution in [2.45, 2.75) is 24.0 Å². The van der Waals surface area contributed by atoms with Crippen LogP contribution in [0.1, 0.15) is 12.8 Å². The highest BCUT2D eigenvalue weighted by Gasteiger charge is 2.13. The van der Waals surface area contributed by atoms with E-state index in [1.807, 2.05) is 13.1 Å². The maximum absolute atomic E-state index is 11.6. The number of aromatic nitrogens is 3. The van der Waals surface area contributed by atoms with Gasteiger partial charge in [-0.3, -0.25) is 4.79 Å². The van der Waals surface area contributed by atoms with Gasteiger partial charge in [-0.15, -0.1) is 10.2 Å². The molecular formula is C10H14N4OS. The molecule has 0 fully saturated rings. The van der Waals surface area contributed by atoms with Crippen molar-refractivity contribution in [3.8, 4) is 0 Å². The van der Waals surface area contributed by atoms with Crippen LogP contribution in [0.25, 0.3) is 0 Å². The standard InChI is InChI=1S/C10H14N4OS/c1-14-7-11-13-10(14)16-6-9(15)12-8-4-2-3-5-8/h2,4,7-8H,3,5-6H2,1H3,(H,12,15). The number of hydrogen-bond acceptors (Lipinski definition) is 4. The number of hydrogen-bond donors (Lipinski definition) is 1. The average Bonchev–Trinajstić information content (AvgIpc) is 2.87. The topological polar surface area (TPSA) is 59.8 Å². The van der Waals surface area contributed by atoms with Gasteiger partial charge in [0.2, 0.25) is 5.91 Å². The van der Waals surface area contributed by atoms with Gasteiger partial charge < -0.3 is 9.88 Å². The van der Waals surface area contributed by atoms with Gasteiger partial charge in [-0.25, -0.2) is 0 Å². The molecule has 1 aromatic rings. The van der Waals surface area contributed by atoms with Crippen molar-refractivity contribution in [2.24, 2.45) is 7.05 Å². The van der Waals surface area contributed by atoms with Crippen molar-refractivity contribution < 1.29 is 4.79 Å². The molecule has 5 nitrogen and oxygen atoms in total. The molecule has 0 radical (unpaired) electrons. The maximum atomic E-state index is 11.6. The van der Waals surface area contributed by atoms with Gasteiger partial charge >= 0.3 is 0 Å². The fourth-order valence-corrected chi connectivity index (χ4v) is 2.23. The van der Waals surface area contributed by atoms with Crippen LogP contribution in [0.4, 0.5) is 0 Å². The summed E-state index contributed by atoms with van der Waals surface area (Å²) in [6, 6.07) is 0.215. The number of rotatable bonds is 4. The highest BCUT2D eigenvalue weighted by Crippen LogP contribution is 2.13. The molecule has 0 aromatic carbocycles. The molecule has 0 saturated heterocycles. The van der Waals surface area contributed by atoms with E-state index in [0.29, 0.717) is 5.75 Å². The molecule has 86 valence electrons. The molecule has 1 unspecified atom stereocenters. The predicted molar refractivity (Wildman–Crippen MR) is 62.0 cm³/mol. The Morgan fingerprint density at radius 1 is 1.75 bits per heavy atom. The first kappa shape index (κ1) is 11.2. The summed E-state index contributed by atoms with van der Waals surface area (Å²) in [4.78, 5) is 11.6. The fraction of sp³-hybridized carbons (Fsp3) is 0.500. The second kappa shape index (κ2) is 5.16. The third-order valence-electron chi connectivity index (χ3n) is 2.36. The van der Waals surface area contributed by atoms with Crippen LogP contribution < -0.4 is 5.32 Å². The SMILES string of the molecule is Cn1cnnc1SCC(=O)NC1C=CCC1.